The number of nitrogen functional groups attached to an aromatic ring is 1. The van der Waals surface area contributed by atoms with E-state index in [-0.39, 0.29) is 28.4 Å². The lowest BCUT2D eigenvalue weighted by Gasteiger charge is -2.20. The summed E-state index contributed by atoms with van der Waals surface area (Å²) in [5, 5.41) is 22.8. The number of phenols is 2. The molecule has 2 aromatic carbocycles. The molecule has 0 unspecified atom stereocenters. The minimum absolute atomic E-state index is 0.0618. The van der Waals surface area contributed by atoms with Crippen molar-refractivity contribution in [3.63, 3.8) is 0 Å². The molecule has 0 saturated carbocycles. The van der Waals surface area contributed by atoms with Gasteiger partial charge < -0.3 is 21.3 Å². The molecule has 0 aromatic heterocycles. The second-order valence-corrected chi connectivity index (χ2v) is 6.58. The number of fused-ring (bicyclic) bond motifs is 1. The molecule has 24 heavy (non-hydrogen) atoms. The molecular weight excluding hydrogens is 332 g/mol. The summed E-state index contributed by atoms with van der Waals surface area (Å²) >= 11 is 0. The van der Waals surface area contributed by atoms with Gasteiger partial charge in [-0.15, -0.1) is 0 Å². The van der Waals surface area contributed by atoms with Gasteiger partial charge in [0.1, 0.15) is 10.6 Å². The van der Waals surface area contributed by atoms with Crippen LogP contribution in [0, 0.1) is 0 Å². The highest BCUT2D eigenvalue weighted by atomic mass is 32.2. The number of benzene rings is 2. The smallest absolute Gasteiger partial charge is 0.295 e. The van der Waals surface area contributed by atoms with E-state index in [2.05, 4.69) is 5.32 Å². The highest BCUT2D eigenvalue weighted by Gasteiger charge is 2.24. The predicted molar refractivity (Wildman–Crippen MR) is 91.1 cm³/mol. The van der Waals surface area contributed by atoms with Gasteiger partial charge >= 0.3 is 0 Å². The van der Waals surface area contributed by atoms with E-state index in [9.17, 15) is 23.2 Å². The lowest BCUT2D eigenvalue weighted by molar-refractivity contribution is 0.474. The number of phenolic OH excluding ortho intramolecular Hbond substituents is 2. The normalized spacial score (nSPS) is 15.1. The third kappa shape index (κ3) is 2.80. The van der Waals surface area contributed by atoms with Crippen LogP contribution in [0.3, 0.4) is 0 Å². The number of allylic oxidation sites excluding steroid dienone is 1. The largest absolute Gasteiger partial charge is 0.507 e. The van der Waals surface area contributed by atoms with Crippen LogP contribution in [0.5, 0.6) is 11.5 Å². The SMILES string of the molecule is Nc1cc(S(=O)(=O)O)c2c(c1O)NC(=Cc1ccccc1O)C=C2. The maximum atomic E-state index is 11.5. The summed E-state index contributed by atoms with van der Waals surface area (Å²) in [6.45, 7) is 0. The summed E-state index contributed by atoms with van der Waals surface area (Å²) in [7, 11) is -4.51. The van der Waals surface area contributed by atoms with Crippen LogP contribution in [0.2, 0.25) is 0 Å². The van der Waals surface area contributed by atoms with Gasteiger partial charge in [-0.2, -0.15) is 8.42 Å². The third-order valence-electron chi connectivity index (χ3n) is 3.56. The molecule has 8 heteroatoms. The van der Waals surface area contributed by atoms with Crippen molar-refractivity contribution in [3.05, 3.63) is 53.2 Å². The Morgan fingerprint density at radius 3 is 2.50 bits per heavy atom. The standard InChI is InChI=1S/C16H14N2O5S/c17-12-8-14(24(21,22)23)11-6-5-10(18-15(11)16(12)20)7-9-3-1-2-4-13(9)19/h1-8,18-20H,17H2,(H,21,22,23). The van der Waals surface area contributed by atoms with Crippen molar-refractivity contribution < 1.29 is 23.2 Å². The van der Waals surface area contributed by atoms with Gasteiger partial charge in [0.25, 0.3) is 10.1 Å². The van der Waals surface area contributed by atoms with Crippen LogP contribution in [0.25, 0.3) is 12.2 Å². The van der Waals surface area contributed by atoms with E-state index in [0.717, 1.165) is 6.07 Å². The average Bonchev–Trinajstić information content (AvgIpc) is 2.52. The van der Waals surface area contributed by atoms with Gasteiger partial charge in [0.2, 0.25) is 0 Å². The quantitative estimate of drug-likeness (QED) is 0.320. The van der Waals surface area contributed by atoms with Gasteiger partial charge in [0.15, 0.2) is 5.75 Å². The van der Waals surface area contributed by atoms with E-state index in [1.807, 2.05) is 0 Å². The molecule has 0 saturated heterocycles. The fraction of sp³-hybridized carbons (Fsp3) is 0. The Balaban J connectivity index is 2.13. The predicted octanol–water partition coefficient (Wildman–Crippen LogP) is 2.41. The van der Waals surface area contributed by atoms with E-state index in [1.165, 1.54) is 12.1 Å². The molecule has 0 fully saturated rings. The Bertz CT molecular complexity index is 994. The minimum Gasteiger partial charge on any atom is -0.507 e. The summed E-state index contributed by atoms with van der Waals surface area (Å²) in [4.78, 5) is -0.404. The first kappa shape index (κ1) is 15.9. The summed E-state index contributed by atoms with van der Waals surface area (Å²) in [5.74, 6) is -0.258. The Hall–Kier alpha value is -2.97. The van der Waals surface area contributed by atoms with Crippen molar-refractivity contribution in [2.45, 2.75) is 4.90 Å². The maximum absolute atomic E-state index is 11.5. The molecule has 1 aliphatic rings. The van der Waals surface area contributed by atoms with Gasteiger partial charge in [-0.1, -0.05) is 18.2 Å². The van der Waals surface area contributed by atoms with Crippen molar-refractivity contribution in [1.29, 1.82) is 0 Å². The van der Waals surface area contributed by atoms with Crippen molar-refractivity contribution in [2.24, 2.45) is 0 Å². The second kappa shape index (κ2) is 5.59. The lowest BCUT2D eigenvalue weighted by atomic mass is 10.0. The zero-order chi connectivity index (χ0) is 17.5. The zero-order valence-corrected chi connectivity index (χ0v) is 13.1. The third-order valence-corrected chi connectivity index (χ3v) is 4.45. The molecule has 0 aliphatic carbocycles. The molecule has 3 rings (SSSR count). The molecular formula is C16H14N2O5S. The topological polar surface area (TPSA) is 133 Å². The van der Waals surface area contributed by atoms with Gasteiger partial charge in [0.05, 0.1) is 11.4 Å². The molecule has 124 valence electrons. The van der Waals surface area contributed by atoms with Gasteiger partial charge in [-0.3, -0.25) is 4.55 Å². The number of hydrogen-bond acceptors (Lipinski definition) is 6. The zero-order valence-electron chi connectivity index (χ0n) is 12.3. The van der Waals surface area contributed by atoms with Crippen molar-refractivity contribution in [1.82, 2.24) is 0 Å². The van der Waals surface area contributed by atoms with Gasteiger partial charge in [-0.05, 0) is 30.4 Å². The molecule has 0 radical (unpaired) electrons. The lowest BCUT2D eigenvalue weighted by Crippen LogP contribution is -2.10. The van der Waals surface area contributed by atoms with Crippen molar-refractivity contribution in [3.8, 4) is 11.5 Å². The average molecular weight is 346 g/mol. The van der Waals surface area contributed by atoms with Crippen LogP contribution in [0.4, 0.5) is 11.4 Å². The number of hydrogen-bond donors (Lipinski definition) is 5. The Morgan fingerprint density at radius 2 is 1.83 bits per heavy atom. The molecule has 0 spiro atoms. The first-order chi connectivity index (χ1) is 11.3. The molecule has 1 heterocycles. The Labute approximate surface area is 138 Å². The highest BCUT2D eigenvalue weighted by molar-refractivity contribution is 7.86. The summed E-state index contributed by atoms with van der Waals surface area (Å²) in [5.41, 5.74) is 6.61. The van der Waals surface area contributed by atoms with E-state index in [1.54, 1.807) is 30.4 Å². The van der Waals surface area contributed by atoms with Crippen LogP contribution >= 0.6 is 0 Å². The van der Waals surface area contributed by atoms with Crippen LogP contribution in [0.1, 0.15) is 11.1 Å². The number of rotatable bonds is 2. The number of anilines is 2. The molecule has 0 atom stereocenters. The minimum atomic E-state index is -4.51. The van der Waals surface area contributed by atoms with Crippen molar-refractivity contribution in [2.75, 3.05) is 11.1 Å². The van der Waals surface area contributed by atoms with Crippen LogP contribution in [0.15, 0.2) is 47.0 Å². The summed E-state index contributed by atoms with van der Waals surface area (Å²) in [6.07, 6.45) is 4.60. The second-order valence-electron chi connectivity index (χ2n) is 5.19. The molecule has 2 aromatic rings. The van der Waals surface area contributed by atoms with E-state index >= 15 is 0 Å². The van der Waals surface area contributed by atoms with Crippen molar-refractivity contribution >= 4 is 33.6 Å². The van der Waals surface area contributed by atoms with E-state index < -0.39 is 15.0 Å². The first-order valence-corrected chi connectivity index (χ1v) is 8.29. The summed E-state index contributed by atoms with van der Waals surface area (Å²) < 4.78 is 32.3. The highest BCUT2D eigenvalue weighted by Crippen LogP contribution is 2.41. The van der Waals surface area contributed by atoms with Gasteiger partial charge in [0, 0.05) is 16.8 Å². The molecule has 7 nitrogen and oxygen atoms in total. The maximum Gasteiger partial charge on any atom is 0.295 e. The molecule has 0 bridgehead atoms. The molecule has 1 aliphatic heterocycles. The van der Waals surface area contributed by atoms with Crippen LogP contribution in [-0.4, -0.2) is 23.2 Å². The number of nitrogens with two attached hydrogens (primary N) is 1. The van der Waals surface area contributed by atoms with Crippen LogP contribution < -0.4 is 11.1 Å². The van der Waals surface area contributed by atoms with E-state index in [0.29, 0.717) is 11.3 Å². The van der Waals surface area contributed by atoms with Crippen LogP contribution in [-0.2, 0) is 10.1 Å². The number of aromatic hydroxyl groups is 2. The first-order valence-electron chi connectivity index (χ1n) is 6.85. The number of nitrogens with one attached hydrogen (secondary N) is 1. The Morgan fingerprint density at radius 1 is 1.12 bits per heavy atom. The monoisotopic (exact) mass is 346 g/mol. The fourth-order valence-corrected chi connectivity index (χ4v) is 3.13. The van der Waals surface area contributed by atoms with E-state index in [4.69, 9.17) is 5.73 Å². The number of para-hydroxylation sites is 1. The molecule has 6 N–H and O–H groups in total. The molecule has 0 amide bonds. The summed E-state index contributed by atoms with van der Waals surface area (Å²) in [6, 6.07) is 7.64. The Kier molecular flexibility index (Phi) is 3.70. The fourth-order valence-electron chi connectivity index (χ4n) is 2.41. The van der Waals surface area contributed by atoms with Gasteiger partial charge in [-0.25, -0.2) is 0 Å².